The second kappa shape index (κ2) is 7.97. The Morgan fingerprint density at radius 3 is 2.89 bits per heavy atom. The van der Waals surface area contributed by atoms with Crippen molar-refractivity contribution in [2.45, 2.75) is 32.8 Å². The van der Waals surface area contributed by atoms with Crippen LogP contribution in [-0.4, -0.2) is 25.2 Å². The Morgan fingerprint density at radius 2 is 2.11 bits per heavy atom. The van der Waals surface area contributed by atoms with E-state index in [1.807, 2.05) is 50.2 Å². The predicted octanol–water partition coefficient (Wildman–Crippen LogP) is 5.62. The fourth-order valence-corrected chi connectivity index (χ4v) is 3.76. The van der Waals surface area contributed by atoms with Gasteiger partial charge >= 0.3 is 0 Å². The van der Waals surface area contributed by atoms with Gasteiger partial charge in [0.2, 0.25) is 0 Å². The molecule has 3 aromatic rings. The molecule has 1 saturated heterocycles. The molecule has 1 unspecified atom stereocenters. The normalized spacial score (nSPS) is 16.5. The van der Waals surface area contributed by atoms with Crippen molar-refractivity contribution >= 4 is 38.5 Å². The summed E-state index contributed by atoms with van der Waals surface area (Å²) in [5.41, 5.74) is 3.17. The zero-order valence-corrected chi connectivity index (χ0v) is 17.5. The average Bonchev–Trinajstić information content (AvgIpc) is 3.30. The number of fused-ring (bicyclic) bond motifs is 1. The molecule has 0 spiro atoms. The van der Waals surface area contributed by atoms with Crippen molar-refractivity contribution in [3.8, 4) is 5.75 Å². The highest BCUT2D eigenvalue weighted by Gasteiger charge is 2.21. The van der Waals surface area contributed by atoms with Crippen molar-refractivity contribution in [1.82, 2.24) is 0 Å². The van der Waals surface area contributed by atoms with Gasteiger partial charge in [-0.1, -0.05) is 22.0 Å². The highest BCUT2D eigenvalue weighted by atomic mass is 79.9. The standard InChI is InChI=1S/C22H22BrNO4/c1-13-5-7-18(20(10-13)27-12-16-4-3-9-26-16)24-22(25)21-14(2)17-11-15(23)6-8-19(17)28-21/h5-8,10-11,16H,3-4,9,12H2,1-2H3,(H,24,25). The summed E-state index contributed by atoms with van der Waals surface area (Å²) in [4.78, 5) is 12.9. The molecule has 4 rings (SSSR count). The van der Waals surface area contributed by atoms with E-state index in [4.69, 9.17) is 13.9 Å². The summed E-state index contributed by atoms with van der Waals surface area (Å²) in [7, 11) is 0. The molecule has 0 bridgehead atoms. The van der Waals surface area contributed by atoms with Crippen molar-refractivity contribution in [3.05, 3.63) is 57.8 Å². The number of amides is 1. The number of halogens is 1. The summed E-state index contributed by atoms with van der Waals surface area (Å²) in [5, 5.41) is 3.85. The molecule has 1 N–H and O–H groups in total. The van der Waals surface area contributed by atoms with Crippen LogP contribution in [0.4, 0.5) is 5.69 Å². The van der Waals surface area contributed by atoms with Gasteiger partial charge < -0.3 is 19.2 Å². The molecule has 5 nitrogen and oxygen atoms in total. The van der Waals surface area contributed by atoms with E-state index in [1.54, 1.807) is 0 Å². The number of nitrogens with one attached hydrogen (secondary N) is 1. The number of anilines is 1. The van der Waals surface area contributed by atoms with Crippen molar-refractivity contribution in [1.29, 1.82) is 0 Å². The summed E-state index contributed by atoms with van der Waals surface area (Å²) >= 11 is 3.46. The first-order valence-electron chi connectivity index (χ1n) is 9.36. The van der Waals surface area contributed by atoms with Gasteiger partial charge in [-0.3, -0.25) is 4.79 Å². The maximum absolute atomic E-state index is 12.9. The zero-order valence-electron chi connectivity index (χ0n) is 15.9. The minimum atomic E-state index is -0.296. The van der Waals surface area contributed by atoms with Gasteiger partial charge in [0.25, 0.3) is 5.91 Å². The first kappa shape index (κ1) is 19.0. The van der Waals surface area contributed by atoms with E-state index in [-0.39, 0.29) is 12.0 Å². The fraction of sp³-hybridized carbons (Fsp3) is 0.318. The molecule has 2 heterocycles. The third kappa shape index (κ3) is 3.93. The molecule has 28 heavy (non-hydrogen) atoms. The molecule has 1 fully saturated rings. The van der Waals surface area contributed by atoms with Gasteiger partial charge in [-0.25, -0.2) is 0 Å². The van der Waals surface area contributed by atoms with Crippen LogP contribution in [-0.2, 0) is 4.74 Å². The summed E-state index contributed by atoms with van der Waals surface area (Å²) in [5.74, 6) is 0.648. The van der Waals surface area contributed by atoms with Crippen LogP contribution in [0.5, 0.6) is 5.75 Å². The molecular formula is C22H22BrNO4. The molecule has 1 aromatic heterocycles. The lowest BCUT2D eigenvalue weighted by Gasteiger charge is -2.15. The molecule has 1 atom stereocenters. The molecule has 6 heteroatoms. The SMILES string of the molecule is Cc1ccc(NC(=O)c2oc3ccc(Br)cc3c2C)c(OCC2CCCO2)c1. The monoisotopic (exact) mass is 443 g/mol. The second-order valence-corrected chi connectivity index (χ2v) is 8.01. The number of hydrogen-bond acceptors (Lipinski definition) is 4. The Labute approximate surface area is 172 Å². The Bertz CT molecular complexity index is 1020. The zero-order chi connectivity index (χ0) is 19.7. The van der Waals surface area contributed by atoms with Gasteiger partial charge in [-0.2, -0.15) is 0 Å². The van der Waals surface area contributed by atoms with E-state index in [1.165, 1.54) is 0 Å². The molecule has 1 aliphatic rings. The van der Waals surface area contributed by atoms with Gasteiger partial charge in [0.05, 0.1) is 11.8 Å². The lowest BCUT2D eigenvalue weighted by atomic mass is 10.1. The first-order chi connectivity index (χ1) is 13.5. The molecule has 2 aromatic carbocycles. The minimum absolute atomic E-state index is 0.111. The molecule has 0 aliphatic carbocycles. The summed E-state index contributed by atoms with van der Waals surface area (Å²) in [6.45, 7) is 5.14. The van der Waals surface area contributed by atoms with E-state index in [9.17, 15) is 4.79 Å². The molecule has 146 valence electrons. The lowest BCUT2D eigenvalue weighted by Crippen LogP contribution is -2.18. The van der Waals surface area contributed by atoms with Crippen LogP contribution in [0.2, 0.25) is 0 Å². The largest absolute Gasteiger partial charge is 0.489 e. The first-order valence-corrected chi connectivity index (χ1v) is 10.2. The van der Waals surface area contributed by atoms with Crippen LogP contribution in [0, 0.1) is 13.8 Å². The predicted molar refractivity (Wildman–Crippen MR) is 112 cm³/mol. The van der Waals surface area contributed by atoms with E-state index >= 15 is 0 Å². The molecule has 1 aliphatic heterocycles. The van der Waals surface area contributed by atoms with Gasteiger partial charge in [-0.15, -0.1) is 0 Å². The van der Waals surface area contributed by atoms with Crippen LogP contribution >= 0.6 is 15.9 Å². The third-order valence-corrected chi connectivity index (χ3v) is 5.43. The van der Waals surface area contributed by atoms with Crippen molar-refractivity contribution < 1.29 is 18.7 Å². The smallest absolute Gasteiger partial charge is 0.291 e. The Morgan fingerprint density at radius 1 is 1.25 bits per heavy atom. The topological polar surface area (TPSA) is 60.7 Å². The van der Waals surface area contributed by atoms with Crippen LogP contribution in [0.1, 0.15) is 34.5 Å². The minimum Gasteiger partial charge on any atom is -0.489 e. The average molecular weight is 444 g/mol. The number of aryl methyl sites for hydroxylation is 2. The van der Waals surface area contributed by atoms with Gasteiger partial charge in [0, 0.05) is 22.0 Å². The van der Waals surface area contributed by atoms with E-state index < -0.39 is 0 Å². The number of hydrogen-bond donors (Lipinski definition) is 1. The number of benzene rings is 2. The second-order valence-electron chi connectivity index (χ2n) is 7.10. The number of furan rings is 1. The van der Waals surface area contributed by atoms with E-state index in [0.717, 1.165) is 40.4 Å². The fourth-order valence-electron chi connectivity index (χ4n) is 3.40. The Kier molecular flexibility index (Phi) is 5.42. The number of carbonyl (C=O) groups excluding carboxylic acids is 1. The maximum Gasteiger partial charge on any atom is 0.291 e. The van der Waals surface area contributed by atoms with E-state index in [2.05, 4.69) is 21.2 Å². The van der Waals surface area contributed by atoms with Crippen LogP contribution in [0.25, 0.3) is 11.0 Å². The molecule has 0 saturated carbocycles. The highest BCUT2D eigenvalue weighted by Crippen LogP contribution is 2.31. The van der Waals surface area contributed by atoms with Crippen LogP contribution < -0.4 is 10.1 Å². The number of rotatable bonds is 5. The highest BCUT2D eigenvalue weighted by molar-refractivity contribution is 9.10. The molecule has 1 amide bonds. The van der Waals surface area contributed by atoms with Crippen LogP contribution in [0.3, 0.4) is 0 Å². The van der Waals surface area contributed by atoms with Crippen molar-refractivity contribution in [2.24, 2.45) is 0 Å². The summed E-state index contributed by atoms with van der Waals surface area (Å²) in [6.07, 6.45) is 2.17. The third-order valence-electron chi connectivity index (χ3n) is 4.94. The summed E-state index contributed by atoms with van der Waals surface area (Å²) < 4.78 is 18.3. The Hall–Kier alpha value is -2.31. The van der Waals surface area contributed by atoms with Gasteiger partial charge in [0.15, 0.2) is 5.76 Å². The maximum atomic E-state index is 12.9. The summed E-state index contributed by atoms with van der Waals surface area (Å²) in [6, 6.07) is 11.4. The van der Waals surface area contributed by atoms with Crippen molar-refractivity contribution in [3.63, 3.8) is 0 Å². The number of carbonyl (C=O) groups is 1. The van der Waals surface area contributed by atoms with Crippen molar-refractivity contribution in [2.75, 3.05) is 18.5 Å². The van der Waals surface area contributed by atoms with Crippen LogP contribution in [0.15, 0.2) is 45.3 Å². The van der Waals surface area contributed by atoms with Gasteiger partial charge in [0.1, 0.15) is 17.9 Å². The van der Waals surface area contributed by atoms with Gasteiger partial charge in [-0.05, 0) is 62.6 Å². The lowest BCUT2D eigenvalue weighted by molar-refractivity contribution is 0.0681. The van der Waals surface area contributed by atoms with E-state index in [0.29, 0.717) is 29.4 Å². The quantitative estimate of drug-likeness (QED) is 0.555. The molecule has 0 radical (unpaired) electrons. The number of ether oxygens (including phenoxy) is 2. The Balaban J connectivity index is 1.56. The molecular weight excluding hydrogens is 422 g/mol.